The van der Waals surface area contributed by atoms with Crippen molar-refractivity contribution in [3.05, 3.63) is 60.0 Å². The molecule has 26 heavy (non-hydrogen) atoms. The Kier molecular flexibility index (Phi) is 4.69. The number of hydrogen-bond donors (Lipinski definition) is 1. The lowest BCUT2D eigenvalue weighted by Crippen LogP contribution is -2.13. The highest BCUT2D eigenvalue weighted by Crippen LogP contribution is 2.28. The molecule has 8 heteroatoms. The summed E-state index contributed by atoms with van der Waals surface area (Å²) in [5.74, 6) is 0.175. The summed E-state index contributed by atoms with van der Waals surface area (Å²) in [6, 6.07) is 10.6. The number of ether oxygens (including phenoxy) is 1. The van der Waals surface area contributed by atoms with Crippen molar-refractivity contribution < 1.29 is 17.5 Å². The van der Waals surface area contributed by atoms with Gasteiger partial charge in [-0.3, -0.25) is 0 Å². The minimum Gasteiger partial charge on any atom is -0.494 e. The van der Waals surface area contributed by atoms with Crippen molar-refractivity contribution in [2.45, 2.75) is 18.7 Å². The number of halogens is 1. The first-order valence-corrected chi connectivity index (χ1v) is 9.37. The zero-order valence-corrected chi connectivity index (χ0v) is 15.1. The summed E-state index contributed by atoms with van der Waals surface area (Å²) in [4.78, 5) is 0.0464. The number of rotatable bonds is 5. The highest BCUT2D eigenvalue weighted by Gasteiger charge is 2.21. The molecular formula is C18H18FN3O3S. The van der Waals surface area contributed by atoms with Crippen molar-refractivity contribution in [2.24, 2.45) is 0 Å². The summed E-state index contributed by atoms with van der Waals surface area (Å²) in [7, 11) is -3.92. The van der Waals surface area contributed by atoms with Gasteiger partial charge in [0.25, 0.3) is 10.0 Å². The van der Waals surface area contributed by atoms with Crippen LogP contribution in [0.15, 0.2) is 53.6 Å². The largest absolute Gasteiger partial charge is 0.494 e. The Balaban J connectivity index is 2.00. The molecule has 6 nitrogen and oxygen atoms in total. The zero-order chi connectivity index (χ0) is 18.9. The number of nitrogen functional groups attached to an aromatic ring is 1. The van der Waals surface area contributed by atoms with Crippen LogP contribution in [0, 0.1) is 12.7 Å². The Bertz CT molecular complexity index is 1040. The van der Waals surface area contributed by atoms with Gasteiger partial charge in [0.2, 0.25) is 0 Å². The molecule has 1 heterocycles. The quantitative estimate of drug-likeness (QED) is 0.740. The highest BCUT2D eigenvalue weighted by atomic mass is 32.2. The fourth-order valence-electron chi connectivity index (χ4n) is 2.45. The van der Waals surface area contributed by atoms with Crippen LogP contribution in [0.4, 0.5) is 10.2 Å². The standard InChI is InChI=1S/C18H18FN3O3S/c1-3-25-14-6-8-15(9-7-14)26(23,24)22-11-16(18(20)21-22)13-5-4-12(2)17(19)10-13/h4-11H,3H2,1-2H3,(H2,20,21). The van der Waals surface area contributed by atoms with Gasteiger partial charge in [0.15, 0.2) is 5.82 Å². The Labute approximate surface area is 151 Å². The maximum Gasteiger partial charge on any atom is 0.283 e. The van der Waals surface area contributed by atoms with Gasteiger partial charge < -0.3 is 10.5 Å². The number of anilines is 1. The molecule has 0 atom stereocenters. The molecule has 0 saturated heterocycles. The van der Waals surface area contributed by atoms with Gasteiger partial charge in [-0.15, -0.1) is 5.10 Å². The molecule has 2 aromatic carbocycles. The molecule has 0 fully saturated rings. The normalized spacial score (nSPS) is 11.5. The topological polar surface area (TPSA) is 87.2 Å². The third-order valence-electron chi connectivity index (χ3n) is 3.88. The number of hydrogen-bond acceptors (Lipinski definition) is 5. The molecule has 0 aliphatic rings. The first kappa shape index (κ1) is 17.9. The van der Waals surface area contributed by atoms with E-state index in [1.807, 2.05) is 6.92 Å². The Hall–Kier alpha value is -2.87. The molecule has 3 aromatic rings. The first-order chi connectivity index (χ1) is 12.3. The van der Waals surface area contributed by atoms with Gasteiger partial charge in [0.1, 0.15) is 11.6 Å². The molecule has 3 rings (SSSR count). The van der Waals surface area contributed by atoms with Crippen LogP contribution in [0.3, 0.4) is 0 Å². The number of aromatic nitrogens is 2. The van der Waals surface area contributed by atoms with E-state index in [9.17, 15) is 12.8 Å². The summed E-state index contributed by atoms with van der Waals surface area (Å²) in [5, 5.41) is 3.90. The summed E-state index contributed by atoms with van der Waals surface area (Å²) in [6.45, 7) is 3.97. The summed E-state index contributed by atoms with van der Waals surface area (Å²) >= 11 is 0. The molecule has 0 aliphatic carbocycles. The van der Waals surface area contributed by atoms with Crippen LogP contribution in [-0.4, -0.2) is 24.2 Å². The second kappa shape index (κ2) is 6.80. The van der Waals surface area contributed by atoms with Gasteiger partial charge in [-0.1, -0.05) is 12.1 Å². The van der Waals surface area contributed by atoms with Crippen LogP contribution in [0.5, 0.6) is 5.75 Å². The van der Waals surface area contributed by atoms with Crippen molar-refractivity contribution in [3.8, 4) is 16.9 Å². The fourth-order valence-corrected chi connectivity index (χ4v) is 3.59. The van der Waals surface area contributed by atoms with Gasteiger partial charge in [-0.2, -0.15) is 12.5 Å². The fraction of sp³-hybridized carbons (Fsp3) is 0.167. The maximum atomic E-state index is 13.8. The first-order valence-electron chi connectivity index (χ1n) is 7.93. The van der Waals surface area contributed by atoms with E-state index in [0.717, 1.165) is 4.09 Å². The van der Waals surface area contributed by atoms with Crippen molar-refractivity contribution in [1.82, 2.24) is 9.19 Å². The summed E-state index contributed by atoms with van der Waals surface area (Å²) in [6.07, 6.45) is 1.28. The molecule has 0 radical (unpaired) electrons. The summed E-state index contributed by atoms with van der Waals surface area (Å²) in [5.41, 5.74) is 7.15. The van der Waals surface area contributed by atoms with Gasteiger partial charge in [-0.05, 0) is 55.3 Å². The van der Waals surface area contributed by atoms with Crippen molar-refractivity contribution in [1.29, 1.82) is 0 Å². The van der Waals surface area contributed by atoms with E-state index < -0.39 is 15.8 Å². The van der Waals surface area contributed by atoms with Crippen molar-refractivity contribution >= 4 is 15.8 Å². The van der Waals surface area contributed by atoms with Crippen LogP contribution in [0.2, 0.25) is 0 Å². The van der Waals surface area contributed by atoms with Gasteiger partial charge in [-0.25, -0.2) is 4.39 Å². The van der Waals surface area contributed by atoms with Crippen molar-refractivity contribution in [3.63, 3.8) is 0 Å². The summed E-state index contributed by atoms with van der Waals surface area (Å²) < 4.78 is 45.4. The number of nitrogens with zero attached hydrogens (tertiary/aromatic N) is 2. The molecule has 0 aliphatic heterocycles. The van der Waals surface area contributed by atoms with E-state index in [4.69, 9.17) is 10.5 Å². The Morgan fingerprint density at radius 3 is 2.50 bits per heavy atom. The molecule has 0 unspecified atom stereocenters. The molecule has 0 bridgehead atoms. The Morgan fingerprint density at radius 1 is 1.19 bits per heavy atom. The average molecular weight is 375 g/mol. The van der Waals surface area contributed by atoms with Crippen LogP contribution in [0.1, 0.15) is 12.5 Å². The van der Waals surface area contributed by atoms with E-state index in [1.165, 1.54) is 24.4 Å². The second-order valence-electron chi connectivity index (χ2n) is 5.67. The average Bonchev–Trinajstić information content (AvgIpc) is 3.01. The van der Waals surface area contributed by atoms with E-state index in [-0.39, 0.29) is 10.7 Å². The van der Waals surface area contributed by atoms with Crippen molar-refractivity contribution in [2.75, 3.05) is 12.3 Å². The molecular weight excluding hydrogens is 357 g/mol. The van der Waals surface area contributed by atoms with E-state index in [0.29, 0.717) is 29.0 Å². The van der Waals surface area contributed by atoms with E-state index >= 15 is 0 Å². The number of nitrogens with two attached hydrogens (primary N) is 1. The number of aryl methyl sites for hydroxylation is 1. The minimum atomic E-state index is -3.92. The number of benzene rings is 2. The molecule has 2 N–H and O–H groups in total. The van der Waals surface area contributed by atoms with E-state index in [1.54, 1.807) is 31.2 Å². The zero-order valence-electron chi connectivity index (χ0n) is 14.3. The predicted octanol–water partition coefficient (Wildman–Crippen LogP) is 3.22. The smallest absolute Gasteiger partial charge is 0.283 e. The van der Waals surface area contributed by atoms with Crippen LogP contribution in [0.25, 0.3) is 11.1 Å². The maximum absolute atomic E-state index is 13.8. The third-order valence-corrected chi connectivity index (χ3v) is 5.43. The predicted molar refractivity (Wildman–Crippen MR) is 97.0 cm³/mol. The second-order valence-corrected chi connectivity index (χ2v) is 7.47. The molecule has 1 aromatic heterocycles. The SMILES string of the molecule is CCOc1ccc(S(=O)(=O)n2cc(-c3ccc(C)c(F)c3)c(N)n2)cc1. The van der Waals surface area contributed by atoms with E-state index in [2.05, 4.69) is 5.10 Å². The lowest BCUT2D eigenvalue weighted by atomic mass is 10.1. The van der Waals surface area contributed by atoms with Crippen LogP contribution < -0.4 is 10.5 Å². The Morgan fingerprint density at radius 2 is 1.88 bits per heavy atom. The third kappa shape index (κ3) is 3.28. The highest BCUT2D eigenvalue weighted by molar-refractivity contribution is 7.89. The monoisotopic (exact) mass is 375 g/mol. The van der Waals surface area contributed by atoms with Crippen LogP contribution >= 0.6 is 0 Å². The lowest BCUT2D eigenvalue weighted by Gasteiger charge is -2.06. The van der Waals surface area contributed by atoms with Gasteiger partial charge in [0, 0.05) is 5.56 Å². The van der Waals surface area contributed by atoms with Gasteiger partial charge in [0.05, 0.1) is 17.7 Å². The molecule has 0 saturated carbocycles. The van der Waals surface area contributed by atoms with Gasteiger partial charge >= 0.3 is 0 Å². The van der Waals surface area contributed by atoms with Crippen LogP contribution in [-0.2, 0) is 10.0 Å². The molecule has 136 valence electrons. The molecule has 0 spiro atoms. The lowest BCUT2D eigenvalue weighted by molar-refractivity contribution is 0.340. The molecule has 0 amide bonds. The minimum absolute atomic E-state index is 0.00256.